The summed E-state index contributed by atoms with van der Waals surface area (Å²) < 4.78 is 16.3. The number of hydrogen-bond donors (Lipinski definition) is 1. The maximum absolute atomic E-state index is 12.7. The number of amides is 1. The number of nitrogens with zero attached hydrogens (tertiary/aromatic N) is 1. The molecule has 1 N–H and O–H groups in total. The SMILES string of the molecule is COc1cc(OC)cc(C(=O)Nc2ccc3nc(-c4ccccc4Cl)oc3c2)c1. The van der Waals surface area contributed by atoms with Crippen LogP contribution in [0.5, 0.6) is 11.5 Å². The first-order valence-corrected chi connectivity index (χ1v) is 9.15. The van der Waals surface area contributed by atoms with Crippen molar-refractivity contribution in [1.82, 2.24) is 4.98 Å². The highest BCUT2D eigenvalue weighted by molar-refractivity contribution is 6.33. The molecule has 3 aromatic carbocycles. The number of aromatic nitrogens is 1. The Bertz CT molecular complexity index is 1180. The van der Waals surface area contributed by atoms with Gasteiger partial charge in [0.25, 0.3) is 5.91 Å². The molecule has 0 saturated carbocycles. The van der Waals surface area contributed by atoms with E-state index in [0.29, 0.717) is 50.3 Å². The fourth-order valence-electron chi connectivity index (χ4n) is 2.89. The Hall–Kier alpha value is -3.51. The zero-order valence-corrected chi connectivity index (χ0v) is 16.5. The summed E-state index contributed by atoms with van der Waals surface area (Å²) >= 11 is 6.23. The molecule has 4 aromatic rings. The third-order valence-corrected chi connectivity index (χ3v) is 4.69. The molecular weight excluding hydrogens is 392 g/mol. The highest BCUT2D eigenvalue weighted by Crippen LogP contribution is 2.31. The summed E-state index contributed by atoms with van der Waals surface area (Å²) in [6, 6.07) is 17.6. The number of carbonyl (C=O) groups excluding carboxylic acids is 1. The number of ether oxygens (including phenoxy) is 2. The summed E-state index contributed by atoms with van der Waals surface area (Å²) in [4.78, 5) is 17.1. The van der Waals surface area contributed by atoms with Gasteiger partial charge in [-0.05, 0) is 36.4 Å². The lowest BCUT2D eigenvalue weighted by Crippen LogP contribution is -2.12. The van der Waals surface area contributed by atoms with Crippen LogP contribution in [0.2, 0.25) is 5.02 Å². The molecule has 4 rings (SSSR count). The van der Waals surface area contributed by atoms with Crippen molar-refractivity contribution in [2.45, 2.75) is 0 Å². The lowest BCUT2D eigenvalue weighted by Gasteiger charge is -2.09. The van der Waals surface area contributed by atoms with E-state index in [-0.39, 0.29) is 5.91 Å². The Kier molecular flexibility index (Phi) is 5.10. The smallest absolute Gasteiger partial charge is 0.255 e. The van der Waals surface area contributed by atoms with E-state index in [0.717, 1.165) is 0 Å². The summed E-state index contributed by atoms with van der Waals surface area (Å²) in [6.45, 7) is 0. The molecule has 6 nitrogen and oxygen atoms in total. The monoisotopic (exact) mass is 408 g/mol. The Morgan fingerprint density at radius 2 is 1.72 bits per heavy atom. The fourth-order valence-corrected chi connectivity index (χ4v) is 3.11. The summed E-state index contributed by atoms with van der Waals surface area (Å²) in [6.07, 6.45) is 0. The predicted molar refractivity (Wildman–Crippen MR) is 112 cm³/mol. The molecule has 0 bridgehead atoms. The van der Waals surface area contributed by atoms with Gasteiger partial charge in [-0.25, -0.2) is 4.98 Å². The standard InChI is InChI=1S/C22H17ClN2O4/c1-27-15-9-13(10-16(12-15)28-2)21(26)24-14-7-8-19-20(11-14)29-22(25-19)17-5-3-4-6-18(17)23/h3-12H,1-2H3,(H,24,26). The lowest BCUT2D eigenvalue weighted by molar-refractivity contribution is 0.102. The van der Waals surface area contributed by atoms with Crippen LogP contribution in [0, 0.1) is 0 Å². The van der Waals surface area contributed by atoms with Crippen LogP contribution in [0.1, 0.15) is 10.4 Å². The maximum Gasteiger partial charge on any atom is 0.255 e. The van der Waals surface area contributed by atoms with Gasteiger partial charge >= 0.3 is 0 Å². The van der Waals surface area contributed by atoms with Crippen molar-refractivity contribution in [1.29, 1.82) is 0 Å². The number of nitrogens with one attached hydrogen (secondary N) is 1. The van der Waals surface area contributed by atoms with Crippen LogP contribution in [0.15, 0.2) is 65.1 Å². The number of rotatable bonds is 5. The Morgan fingerprint density at radius 3 is 2.41 bits per heavy atom. The molecule has 1 amide bonds. The summed E-state index contributed by atoms with van der Waals surface area (Å²) in [5.74, 6) is 1.19. The van der Waals surface area contributed by atoms with Crippen LogP contribution >= 0.6 is 11.6 Å². The molecule has 1 aromatic heterocycles. The van der Waals surface area contributed by atoms with Gasteiger partial charge in [-0.3, -0.25) is 4.79 Å². The first-order valence-electron chi connectivity index (χ1n) is 8.77. The quantitative estimate of drug-likeness (QED) is 0.477. The van der Waals surface area contributed by atoms with Gasteiger partial charge in [0.2, 0.25) is 5.89 Å². The molecule has 0 radical (unpaired) electrons. The molecule has 0 saturated heterocycles. The first kappa shape index (κ1) is 18.8. The van der Waals surface area contributed by atoms with Crippen molar-refractivity contribution >= 4 is 34.3 Å². The highest BCUT2D eigenvalue weighted by Gasteiger charge is 2.14. The number of benzene rings is 3. The van der Waals surface area contributed by atoms with Gasteiger partial charge in [0.05, 0.1) is 24.8 Å². The van der Waals surface area contributed by atoms with Crippen molar-refractivity contribution in [2.75, 3.05) is 19.5 Å². The minimum absolute atomic E-state index is 0.299. The summed E-state index contributed by atoms with van der Waals surface area (Å²) in [5, 5.41) is 3.40. The topological polar surface area (TPSA) is 73.6 Å². The van der Waals surface area contributed by atoms with Gasteiger partial charge in [0, 0.05) is 23.4 Å². The molecule has 7 heteroatoms. The molecule has 0 aliphatic carbocycles. The zero-order chi connectivity index (χ0) is 20.4. The maximum atomic E-state index is 12.7. The second kappa shape index (κ2) is 7.85. The van der Waals surface area contributed by atoms with E-state index in [1.54, 1.807) is 42.5 Å². The average Bonchev–Trinajstić information content (AvgIpc) is 3.16. The van der Waals surface area contributed by atoms with Crippen molar-refractivity contribution in [2.24, 2.45) is 0 Å². The van der Waals surface area contributed by atoms with Gasteiger partial charge in [0.1, 0.15) is 17.0 Å². The largest absolute Gasteiger partial charge is 0.497 e. The van der Waals surface area contributed by atoms with E-state index >= 15 is 0 Å². The Labute approximate surface area is 172 Å². The third kappa shape index (κ3) is 3.88. The number of carbonyl (C=O) groups is 1. The van der Waals surface area contributed by atoms with E-state index in [4.69, 9.17) is 25.5 Å². The zero-order valence-electron chi connectivity index (χ0n) is 15.7. The predicted octanol–water partition coefficient (Wildman–Crippen LogP) is 5.42. The van der Waals surface area contributed by atoms with E-state index in [1.807, 2.05) is 18.2 Å². The second-order valence-electron chi connectivity index (χ2n) is 6.24. The van der Waals surface area contributed by atoms with E-state index in [9.17, 15) is 4.79 Å². The van der Waals surface area contributed by atoms with E-state index in [1.165, 1.54) is 14.2 Å². The van der Waals surface area contributed by atoms with Gasteiger partial charge in [-0.2, -0.15) is 0 Å². The molecule has 0 aliphatic rings. The van der Waals surface area contributed by atoms with Crippen molar-refractivity contribution in [3.05, 3.63) is 71.2 Å². The Balaban J connectivity index is 1.62. The van der Waals surface area contributed by atoms with Gasteiger partial charge in [-0.1, -0.05) is 23.7 Å². The fraction of sp³-hybridized carbons (Fsp3) is 0.0909. The van der Waals surface area contributed by atoms with Gasteiger partial charge in [0.15, 0.2) is 5.58 Å². The average molecular weight is 409 g/mol. The molecule has 1 heterocycles. The molecule has 0 spiro atoms. The van der Waals surface area contributed by atoms with E-state index < -0.39 is 0 Å². The highest BCUT2D eigenvalue weighted by atomic mass is 35.5. The van der Waals surface area contributed by atoms with Crippen LogP contribution in [-0.2, 0) is 0 Å². The number of hydrogen-bond acceptors (Lipinski definition) is 5. The van der Waals surface area contributed by atoms with Crippen LogP contribution in [0.3, 0.4) is 0 Å². The first-order chi connectivity index (χ1) is 14.1. The Morgan fingerprint density at radius 1 is 1.00 bits per heavy atom. The third-order valence-electron chi connectivity index (χ3n) is 4.36. The van der Waals surface area contributed by atoms with Crippen LogP contribution in [0.25, 0.3) is 22.6 Å². The summed E-state index contributed by atoms with van der Waals surface area (Å²) in [7, 11) is 3.07. The lowest BCUT2D eigenvalue weighted by atomic mass is 10.1. The number of methoxy groups -OCH3 is 2. The van der Waals surface area contributed by atoms with Crippen molar-refractivity contribution < 1.29 is 18.7 Å². The normalized spacial score (nSPS) is 10.7. The number of halogens is 1. The minimum Gasteiger partial charge on any atom is -0.497 e. The molecule has 0 aliphatic heterocycles. The van der Waals surface area contributed by atoms with Crippen LogP contribution in [-0.4, -0.2) is 25.1 Å². The molecule has 29 heavy (non-hydrogen) atoms. The molecule has 0 fully saturated rings. The minimum atomic E-state index is -0.299. The van der Waals surface area contributed by atoms with Gasteiger partial charge in [-0.15, -0.1) is 0 Å². The second-order valence-corrected chi connectivity index (χ2v) is 6.64. The van der Waals surface area contributed by atoms with Crippen LogP contribution < -0.4 is 14.8 Å². The molecule has 0 atom stereocenters. The molecule has 0 unspecified atom stereocenters. The molecule has 146 valence electrons. The number of anilines is 1. The van der Waals surface area contributed by atoms with Crippen molar-refractivity contribution in [3.63, 3.8) is 0 Å². The molecular formula is C22H17ClN2O4. The summed E-state index contributed by atoms with van der Waals surface area (Å²) in [5.41, 5.74) is 2.91. The van der Waals surface area contributed by atoms with Gasteiger partial charge < -0.3 is 19.2 Å². The number of oxazole rings is 1. The van der Waals surface area contributed by atoms with E-state index in [2.05, 4.69) is 10.3 Å². The van der Waals surface area contributed by atoms with Crippen LogP contribution in [0.4, 0.5) is 5.69 Å². The van der Waals surface area contributed by atoms with Crippen molar-refractivity contribution in [3.8, 4) is 23.0 Å². The number of fused-ring (bicyclic) bond motifs is 1.